The largest absolute Gasteiger partial charge is 1.00 e. The van der Waals surface area contributed by atoms with Gasteiger partial charge in [-0.2, -0.15) is 0 Å². The van der Waals surface area contributed by atoms with Gasteiger partial charge in [-0.15, -0.1) is 0 Å². The number of hydrogen-bond acceptors (Lipinski definition) is 0. The van der Waals surface area contributed by atoms with Gasteiger partial charge in [0.05, 0.1) is 0 Å². The Morgan fingerprint density at radius 3 is 2.46 bits per heavy atom. The summed E-state index contributed by atoms with van der Waals surface area (Å²) in [5.74, 6) is 0. The van der Waals surface area contributed by atoms with E-state index >= 15 is 0 Å². The van der Waals surface area contributed by atoms with Gasteiger partial charge in [-0.05, 0) is 0 Å². The molecule has 1 unspecified atom stereocenters. The third-order valence-corrected chi connectivity index (χ3v) is 4.74. The average Bonchev–Trinajstić information content (AvgIpc) is 2.30. The molecule has 13 heavy (non-hydrogen) atoms. The first kappa shape index (κ1) is 13.9. The zero-order valence-corrected chi connectivity index (χ0v) is 11.7. The van der Waals surface area contributed by atoms with Crippen molar-refractivity contribution in [2.75, 3.05) is 0 Å². The van der Waals surface area contributed by atoms with E-state index in [1.807, 2.05) is 0 Å². The molecule has 0 amide bonds. The smallest absolute Gasteiger partial charge is 1.00 e. The summed E-state index contributed by atoms with van der Waals surface area (Å²) in [5.41, 5.74) is 5.10. The molecule has 0 aromatic carbocycles. The van der Waals surface area contributed by atoms with Crippen molar-refractivity contribution in [3.8, 4) is 0 Å². The van der Waals surface area contributed by atoms with Gasteiger partial charge >= 0.3 is 83.7 Å². The normalized spacial score (nSPS) is 25.8. The van der Waals surface area contributed by atoms with Crippen LogP contribution < -0.4 is 24.8 Å². The van der Waals surface area contributed by atoms with E-state index in [2.05, 4.69) is 13.0 Å². The van der Waals surface area contributed by atoms with Crippen LogP contribution in [0.4, 0.5) is 0 Å². The van der Waals surface area contributed by atoms with Crippen LogP contribution in [-0.2, 0) is 24.7 Å². The predicted molar refractivity (Wildman–Crippen MR) is 43.0 cm³/mol. The van der Waals surface area contributed by atoms with Crippen LogP contribution in [0.5, 0.6) is 0 Å². The van der Waals surface area contributed by atoms with Gasteiger partial charge in [0, 0.05) is 0 Å². The van der Waals surface area contributed by atoms with E-state index in [-0.39, 0.29) is 24.8 Å². The molecule has 0 spiro atoms. The Labute approximate surface area is 108 Å². The minimum absolute atomic E-state index is 0. The van der Waals surface area contributed by atoms with Crippen LogP contribution in [0, 0.1) is 0 Å². The van der Waals surface area contributed by atoms with Crippen molar-refractivity contribution in [1.82, 2.24) is 0 Å². The van der Waals surface area contributed by atoms with Crippen molar-refractivity contribution in [1.29, 1.82) is 0 Å². The van der Waals surface area contributed by atoms with Gasteiger partial charge in [-0.1, -0.05) is 0 Å². The molecule has 3 heteroatoms. The van der Waals surface area contributed by atoms with Crippen molar-refractivity contribution >= 4 is 0 Å². The van der Waals surface area contributed by atoms with Crippen LogP contribution in [0.25, 0.3) is 0 Å². The van der Waals surface area contributed by atoms with Crippen molar-refractivity contribution in [2.45, 2.75) is 36.2 Å². The van der Waals surface area contributed by atoms with E-state index in [1.165, 1.54) is 25.7 Å². The zero-order chi connectivity index (χ0) is 7.84. The molecule has 0 aromatic heterocycles. The van der Waals surface area contributed by atoms with Gasteiger partial charge in [0.1, 0.15) is 0 Å². The topological polar surface area (TPSA) is 0 Å². The zero-order valence-electron chi connectivity index (χ0n) is 7.74. The Balaban J connectivity index is 0.000000720. The van der Waals surface area contributed by atoms with E-state index in [1.54, 1.807) is 41.4 Å². The molecule has 0 bridgehead atoms. The first-order chi connectivity index (χ1) is 5.29. The van der Waals surface area contributed by atoms with Crippen molar-refractivity contribution < 1.29 is 49.5 Å². The predicted octanol–water partition coefficient (Wildman–Crippen LogP) is -2.84. The first-order valence-electron chi connectivity index (χ1n) is 4.40. The van der Waals surface area contributed by atoms with Crippen molar-refractivity contribution in [2.24, 2.45) is 0 Å². The summed E-state index contributed by atoms with van der Waals surface area (Å²) in [6.07, 6.45) is 8.04. The van der Waals surface area contributed by atoms with E-state index in [0.717, 1.165) is 3.63 Å². The van der Waals surface area contributed by atoms with Gasteiger partial charge in [0.15, 0.2) is 0 Å². The van der Waals surface area contributed by atoms with Crippen LogP contribution in [-0.4, -0.2) is 0 Å². The monoisotopic (exact) mass is 293 g/mol. The van der Waals surface area contributed by atoms with Crippen LogP contribution in [0.2, 0.25) is 3.63 Å². The Hall–Kier alpha value is 0.943. The summed E-state index contributed by atoms with van der Waals surface area (Å²) in [5, 5.41) is 0. The van der Waals surface area contributed by atoms with E-state index in [9.17, 15) is 0 Å². The summed E-state index contributed by atoms with van der Waals surface area (Å²) >= 11 is 1.69. The minimum Gasteiger partial charge on any atom is -1.00 e. The molecule has 0 aliphatic heterocycles. The summed E-state index contributed by atoms with van der Waals surface area (Å²) < 4.78 is 0.859. The van der Waals surface area contributed by atoms with Gasteiger partial charge < -0.3 is 24.8 Å². The van der Waals surface area contributed by atoms with Gasteiger partial charge in [-0.3, -0.25) is 0 Å². The second-order valence-corrected chi connectivity index (χ2v) is 5.00. The molecule has 0 aromatic rings. The van der Waals surface area contributed by atoms with Crippen LogP contribution in [0.3, 0.4) is 0 Å². The number of allylic oxidation sites excluding steroid dienone is 4. The molecule has 0 saturated carbocycles. The Kier molecular flexibility index (Phi) is 6.15. The first-order valence-corrected chi connectivity index (χ1v) is 5.82. The van der Waals surface area contributed by atoms with Crippen molar-refractivity contribution in [3.05, 3.63) is 22.8 Å². The van der Waals surface area contributed by atoms with E-state index in [0.29, 0.717) is 0 Å². The third kappa shape index (κ3) is 2.70. The van der Waals surface area contributed by atoms with E-state index < -0.39 is 0 Å². The van der Waals surface area contributed by atoms with Gasteiger partial charge in [0.25, 0.3) is 0 Å². The third-order valence-electron chi connectivity index (χ3n) is 2.76. The number of rotatable bonds is 0. The second kappa shape index (κ2) is 5.73. The Morgan fingerprint density at radius 2 is 1.85 bits per heavy atom. The summed E-state index contributed by atoms with van der Waals surface area (Å²) in [6, 6.07) is 0. The summed E-state index contributed by atoms with van der Waals surface area (Å²) in [6.45, 7) is 2.29. The maximum absolute atomic E-state index is 2.44. The summed E-state index contributed by atoms with van der Waals surface area (Å²) in [7, 11) is 0. The maximum atomic E-state index is 2.44. The molecular formula is C10H13Cl2Zr. The molecule has 0 radical (unpaired) electrons. The van der Waals surface area contributed by atoms with Gasteiger partial charge in [-0.25, -0.2) is 0 Å². The minimum atomic E-state index is 0. The fraction of sp³-hybridized carbons (Fsp3) is 0.600. The molecular weight excluding hydrogens is 282 g/mol. The maximum Gasteiger partial charge on any atom is -1.00 e. The molecule has 71 valence electrons. The molecule has 0 saturated heterocycles. The second-order valence-electron chi connectivity index (χ2n) is 3.58. The Bertz CT molecular complexity index is 243. The molecule has 0 N–H and O–H groups in total. The molecule has 0 heterocycles. The van der Waals surface area contributed by atoms with Gasteiger partial charge in [0.2, 0.25) is 0 Å². The molecule has 2 aliphatic rings. The number of hydrogen-bond donors (Lipinski definition) is 0. The summed E-state index contributed by atoms with van der Waals surface area (Å²) in [4.78, 5) is 0. The standard InChI is InChI=1S/C10H13.2ClH.Zr/c1-8-6-9-4-2-3-5-10(9)7-8;;;/h6-7H,2-5H2,1H3;2*1H;/q;;;+2/p-2. The fourth-order valence-corrected chi connectivity index (χ4v) is 3.09. The van der Waals surface area contributed by atoms with Crippen LogP contribution >= 0.6 is 0 Å². The van der Waals surface area contributed by atoms with E-state index in [4.69, 9.17) is 0 Å². The number of halogens is 2. The molecule has 1 atom stereocenters. The average molecular weight is 295 g/mol. The fourth-order valence-electron chi connectivity index (χ4n) is 2.08. The molecule has 0 nitrogen and oxygen atoms in total. The molecule has 2 aliphatic carbocycles. The molecule has 2 rings (SSSR count). The Morgan fingerprint density at radius 1 is 1.23 bits per heavy atom. The quantitative estimate of drug-likeness (QED) is 0.452. The SMILES string of the molecule is CC1=CC2=C(CCCC2)[CH]1[Zr+2].[Cl-].[Cl-]. The van der Waals surface area contributed by atoms with Crippen molar-refractivity contribution in [3.63, 3.8) is 0 Å². The van der Waals surface area contributed by atoms with Crippen LogP contribution in [0.1, 0.15) is 32.6 Å². The van der Waals surface area contributed by atoms with Crippen LogP contribution in [0.15, 0.2) is 22.8 Å². The molecule has 0 fully saturated rings.